The van der Waals surface area contributed by atoms with Crippen LogP contribution in [0.1, 0.15) is 43.7 Å². The second-order valence-corrected chi connectivity index (χ2v) is 5.96. The molecule has 0 heterocycles. The first-order valence-electron chi connectivity index (χ1n) is 6.84. The molecule has 19 heavy (non-hydrogen) atoms. The number of benzene rings is 1. The van der Waals surface area contributed by atoms with Gasteiger partial charge in [-0.25, -0.2) is 0 Å². The molecule has 0 unspecified atom stereocenters. The van der Waals surface area contributed by atoms with Crippen molar-refractivity contribution in [3.05, 3.63) is 22.2 Å². The van der Waals surface area contributed by atoms with Crippen molar-refractivity contribution in [2.75, 3.05) is 14.2 Å². The third kappa shape index (κ3) is 3.23. The van der Waals surface area contributed by atoms with Crippen molar-refractivity contribution in [2.24, 2.45) is 11.7 Å². The van der Waals surface area contributed by atoms with Gasteiger partial charge in [0.1, 0.15) is 16.0 Å². The summed E-state index contributed by atoms with van der Waals surface area (Å²) in [6, 6.07) is 4.11. The molecule has 0 aliphatic heterocycles. The molecule has 0 saturated heterocycles. The molecule has 3 nitrogen and oxygen atoms in total. The van der Waals surface area contributed by atoms with E-state index in [2.05, 4.69) is 15.9 Å². The van der Waals surface area contributed by atoms with Gasteiger partial charge < -0.3 is 15.2 Å². The lowest BCUT2D eigenvalue weighted by molar-refractivity contribution is 0.306. The summed E-state index contributed by atoms with van der Waals surface area (Å²) in [4.78, 5) is 0. The Balaban J connectivity index is 2.27. The lowest BCUT2D eigenvalue weighted by Crippen LogP contribution is -2.23. The fraction of sp³-hybridized carbons (Fsp3) is 0.600. The van der Waals surface area contributed by atoms with E-state index in [0.29, 0.717) is 5.92 Å². The zero-order valence-electron chi connectivity index (χ0n) is 11.6. The van der Waals surface area contributed by atoms with Crippen molar-refractivity contribution in [3.63, 3.8) is 0 Å². The monoisotopic (exact) mass is 327 g/mol. The molecule has 1 saturated carbocycles. The van der Waals surface area contributed by atoms with Crippen molar-refractivity contribution < 1.29 is 9.47 Å². The van der Waals surface area contributed by atoms with E-state index in [0.717, 1.165) is 21.5 Å². The molecule has 0 aromatic heterocycles. The molecule has 1 atom stereocenters. The summed E-state index contributed by atoms with van der Waals surface area (Å²) in [6.45, 7) is 0. The van der Waals surface area contributed by atoms with Crippen LogP contribution in [0.25, 0.3) is 0 Å². The predicted octanol–water partition coefficient (Wildman–Crippen LogP) is 4.05. The van der Waals surface area contributed by atoms with Crippen LogP contribution >= 0.6 is 15.9 Å². The zero-order valence-corrected chi connectivity index (χ0v) is 13.2. The van der Waals surface area contributed by atoms with E-state index in [4.69, 9.17) is 15.2 Å². The van der Waals surface area contributed by atoms with E-state index in [-0.39, 0.29) is 6.04 Å². The average Bonchev–Trinajstić information content (AvgIpc) is 2.47. The second-order valence-electron chi connectivity index (χ2n) is 5.16. The van der Waals surface area contributed by atoms with E-state index in [1.807, 2.05) is 12.1 Å². The normalized spacial score (nSPS) is 18.1. The maximum atomic E-state index is 6.44. The molecule has 0 amide bonds. The van der Waals surface area contributed by atoms with E-state index < -0.39 is 0 Å². The maximum absolute atomic E-state index is 6.44. The molecule has 2 rings (SSSR count). The summed E-state index contributed by atoms with van der Waals surface area (Å²) >= 11 is 3.49. The summed E-state index contributed by atoms with van der Waals surface area (Å²) in [5, 5.41) is 0. The van der Waals surface area contributed by atoms with Crippen LogP contribution in [0.4, 0.5) is 0 Å². The fourth-order valence-electron chi connectivity index (χ4n) is 2.85. The Morgan fingerprint density at radius 3 is 2.11 bits per heavy atom. The Labute approximate surface area is 123 Å². The first kappa shape index (κ1) is 14.7. The highest BCUT2D eigenvalue weighted by atomic mass is 79.9. The van der Waals surface area contributed by atoms with Crippen LogP contribution < -0.4 is 15.2 Å². The number of nitrogens with two attached hydrogens (primary N) is 1. The minimum Gasteiger partial charge on any atom is -0.495 e. The van der Waals surface area contributed by atoms with Gasteiger partial charge in [0.05, 0.1) is 14.2 Å². The Hall–Kier alpha value is -0.740. The number of hydrogen-bond donors (Lipinski definition) is 1. The third-order valence-electron chi connectivity index (χ3n) is 4.01. The van der Waals surface area contributed by atoms with Gasteiger partial charge in [0.25, 0.3) is 0 Å². The predicted molar refractivity (Wildman–Crippen MR) is 80.7 cm³/mol. The lowest BCUT2D eigenvalue weighted by Gasteiger charge is -2.28. The molecule has 1 fully saturated rings. The van der Waals surface area contributed by atoms with E-state index >= 15 is 0 Å². The molecular weight excluding hydrogens is 306 g/mol. The molecular formula is C15H22BrNO2. The molecule has 0 spiro atoms. The Morgan fingerprint density at radius 1 is 1.11 bits per heavy atom. The second kappa shape index (κ2) is 6.62. The van der Waals surface area contributed by atoms with Crippen LogP contribution in [-0.2, 0) is 0 Å². The van der Waals surface area contributed by atoms with Crippen LogP contribution in [-0.4, -0.2) is 14.2 Å². The number of hydrogen-bond acceptors (Lipinski definition) is 3. The first-order chi connectivity index (χ1) is 9.17. The average molecular weight is 328 g/mol. The van der Waals surface area contributed by atoms with Crippen molar-refractivity contribution in [1.82, 2.24) is 0 Å². The maximum Gasteiger partial charge on any atom is 0.137 e. The smallest absolute Gasteiger partial charge is 0.137 e. The number of halogens is 1. The van der Waals surface area contributed by atoms with Gasteiger partial charge in [-0.05, 0) is 52.4 Å². The summed E-state index contributed by atoms with van der Waals surface area (Å²) in [5.74, 6) is 2.13. The van der Waals surface area contributed by atoms with Gasteiger partial charge in [0.2, 0.25) is 0 Å². The first-order valence-corrected chi connectivity index (χ1v) is 7.63. The molecule has 1 aromatic carbocycles. The van der Waals surface area contributed by atoms with Crippen molar-refractivity contribution >= 4 is 15.9 Å². The number of methoxy groups -OCH3 is 2. The highest BCUT2D eigenvalue weighted by molar-refractivity contribution is 9.10. The highest BCUT2D eigenvalue weighted by Gasteiger charge is 2.23. The van der Waals surface area contributed by atoms with Gasteiger partial charge >= 0.3 is 0 Å². The number of rotatable bonds is 4. The van der Waals surface area contributed by atoms with Crippen LogP contribution in [0.5, 0.6) is 11.5 Å². The van der Waals surface area contributed by atoms with Crippen molar-refractivity contribution in [3.8, 4) is 11.5 Å². The van der Waals surface area contributed by atoms with Crippen LogP contribution in [0.3, 0.4) is 0 Å². The summed E-state index contributed by atoms with van der Waals surface area (Å²) in [5.41, 5.74) is 7.54. The summed E-state index contributed by atoms with van der Waals surface area (Å²) in [6.07, 6.45) is 6.38. The zero-order chi connectivity index (χ0) is 13.8. The van der Waals surface area contributed by atoms with Gasteiger partial charge in [-0.2, -0.15) is 0 Å². The van der Waals surface area contributed by atoms with Crippen LogP contribution in [0.15, 0.2) is 16.6 Å². The Kier molecular flexibility index (Phi) is 5.11. The lowest BCUT2D eigenvalue weighted by atomic mass is 9.81. The quantitative estimate of drug-likeness (QED) is 0.907. The van der Waals surface area contributed by atoms with Gasteiger partial charge in [0.15, 0.2) is 0 Å². The van der Waals surface area contributed by atoms with Gasteiger partial charge in [0, 0.05) is 6.04 Å². The van der Waals surface area contributed by atoms with Crippen molar-refractivity contribution in [2.45, 2.75) is 38.1 Å². The topological polar surface area (TPSA) is 44.5 Å². The standard InChI is InChI=1S/C15H22BrNO2/c1-18-12-8-11(9-13(19-2)14(12)16)15(17)10-6-4-3-5-7-10/h8-10,15H,3-7,17H2,1-2H3/t15-/m1/s1. The van der Waals surface area contributed by atoms with E-state index in [9.17, 15) is 0 Å². The molecule has 0 bridgehead atoms. The van der Waals surface area contributed by atoms with E-state index in [1.165, 1.54) is 32.1 Å². The largest absolute Gasteiger partial charge is 0.495 e. The molecule has 1 aliphatic rings. The molecule has 106 valence electrons. The number of ether oxygens (including phenoxy) is 2. The van der Waals surface area contributed by atoms with Crippen LogP contribution in [0.2, 0.25) is 0 Å². The molecule has 1 aliphatic carbocycles. The molecule has 2 N–H and O–H groups in total. The molecule has 1 aromatic rings. The minimum absolute atomic E-state index is 0.0659. The summed E-state index contributed by atoms with van der Waals surface area (Å²) < 4.78 is 11.6. The van der Waals surface area contributed by atoms with Crippen LogP contribution in [0, 0.1) is 5.92 Å². The van der Waals surface area contributed by atoms with E-state index in [1.54, 1.807) is 14.2 Å². The SMILES string of the molecule is COc1cc([C@H](N)C2CCCCC2)cc(OC)c1Br. The minimum atomic E-state index is 0.0659. The Morgan fingerprint density at radius 2 is 1.63 bits per heavy atom. The Bertz CT molecular complexity index is 405. The third-order valence-corrected chi connectivity index (χ3v) is 4.79. The van der Waals surface area contributed by atoms with Crippen molar-refractivity contribution in [1.29, 1.82) is 0 Å². The highest BCUT2D eigenvalue weighted by Crippen LogP contribution is 2.40. The molecule has 0 radical (unpaired) electrons. The van der Waals surface area contributed by atoms with Gasteiger partial charge in [-0.1, -0.05) is 19.3 Å². The fourth-order valence-corrected chi connectivity index (χ4v) is 3.40. The van der Waals surface area contributed by atoms with Gasteiger partial charge in [-0.15, -0.1) is 0 Å². The van der Waals surface area contributed by atoms with Gasteiger partial charge in [-0.3, -0.25) is 0 Å². The molecule has 4 heteroatoms. The summed E-state index contributed by atoms with van der Waals surface area (Å²) in [7, 11) is 3.32.